The number of nitrogens with two attached hydrogens (primary N) is 1. The first-order chi connectivity index (χ1) is 11.7. The average molecular weight is 343 g/mol. The van der Waals surface area contributed by atoms with E-state index in [-0.39, 0.29) is 0 Å². The van der Waals surface area contributed by atoms with Crippen LogP contribution < -0.4 is 5.73 Å². The summed E-state index contributed by atoms with van der Waals surface area (Å²) in [6, 6.07) is 17.0. The van der Waals surface area contributed by atoms with Gasteiger partial charge in [-0.05, 0) is 24.3 Å². The summed E-state index contributed by atoms with van der Waals surface area (Å²) < 4.78 is 5.41. The van der Waals surface area contributed by atoms with Crippen LogP contribution in [0.4, 0.5) is 5.69 Å². The summed E-state index contributed by atoms with van der Waals surface area (Å²) in [5.74, 6) is 1.02. The molecular formula is C18H19ClN4O. The minimum absolute atomic E-state index is 0.440. The van der Waals surface area contributed by atoms with Gasteiger partial charge in [0.05, 0.1) is 18.9 Å². The van der Waals surface area contributed by atoms with Crippen molar-refractivity contribution in [2.24, 2.45) is 15.7 Å². The molecule has 0 bridgehead atoms. The largest absolute Gasteiger partial charge is 0.383 e. The number of morpholine rings is 1. The molecule has 3 rings (SSSR count). The minimum atomic E-state index is 0.440. The van der Waals surface area contributed by atoms with Gasteiger partial charge in [-0.15, -0.1) is 0 Å². The van der Waals surface area contributed by atoms with E-state index in [4.69, 9.17) is 22.1 Å². The van der Waals surface area contributed by atoms with Gasteiger partial charge in [-0.3, -0.25) is 0 Å². The van der Waals surface area contributed by atoms with Crippen LogP contribution in [-0.2, 0) is 4.74 Å². The maximum atomic E-state index is 6.17. The van der Waals surface area contributed by atoms with Crippen LogP contribution in [0.15, 0.2) is 64.6 Å². The van der Waals surface area contributed by atoms with Gasteiger partial charge in [-0.25, -0.2) is 4.99 Å². The number of ether oxygens (including phenoxy) is 1. The quantitative estimate of drug-likeness (QED) is 0.674. The van der Waals surface area contributed by atoms with Gasteiger partial charge >= 0.3 is 0 Å². The van der Waals surface area contributed by atoms with E-state index in [0.717, 1.165) is 24.3 Å². The molecule has 1 fully saturated rings. The Labute approximate surface area is 146 Å². The molecule has 0 amide bonds. The smallest absolute Gasteiger partial charge is 0.228 e. The van der Waals surface area contributed by atoms with Crippen LogP contribution in [0.2, 0.25) is 5.02 Å². The normalized spacial score (nSPS) is 16.3. The van der Waals surface area contributed by atoms with E-state index < -0.39 is 0 Å². The van der Waals surface area contributed by atoms with E-state index >= 15 is 0 Å². The van der Waals surface area contributed by atoms with Crippen LogP contribution in [0.1, 0.15) is 5.56 Å². The van der Waals surface area contributed by atoms with Crippen molar-refractivity contribution in [3.05, 3.63) is 65.2 Å². The number of hydrogen-bond acceptors (Lipinski definition) is 2. The summed E-state index contributed by atoms with van der Waals surface area (Å²) in [6.07, 6.45) is 0. The monoisotopic (exact) mass is 342 g/mol. The van der Waals surface area contributed by atoms with Gasteiger partial charge in [0, 0.05) is 23.7 Å². The number of nitrogens with zero attached hydrogens (tertiary/aromatic N) is 3. The van der Waals surface area contributed by atoms with Crippen molar-refractivity contribution in [3.8, 4) is 0 Å². The lowest BCUT2D eigenvalue weighted by Crippen LogP contribution is -2.40. The first-order valence-corrected chi connectivity index (χ1v) is 8.17. The van der Waals surface area contributed by atoms with Crippen molar-refractivity contribution in [1.29, 1.82) is 0 Å². The Balaban J connectivity index is 1.93. The molecule has 1 heterocycles. The second-order valence-electron chi connectivity index (χ2n) is 5.35. The van der Waals surface area contributed by atoms with Crippen molar-refractivity contribution in [3.63, 3.8) is 0 Å². The van der Waals surface area contributed by atoms with E-state index in [1.807, 2.05) is 54.6 Å². The Morgan fingerprint density at radius 2 is 1.67 bits per heavy atom. The molecule has 124 valence electrons. The van der Waals surface area contributed by atoms with Gasteiger partial charge in [-0.1, -0.05) is 41.9 Å². The number of halogens is 1. The summed E-state index contributed by atoms with van der Waals surface area (Å²) in [5.41, 5.74) is 7.82. The van der Waals surface area contributed by atoms with Crippen LogP contribution in [0.3, 0.4) is 0 Å². The topological polar surface area (TPSA) is 63.2 Å². The number of benzene rings is 2. The first-order valence-electron chi connectivity index (χ1n) is 7.79. The molecule has 24 heavy (non-hydrogen) atoms. The number of guanidine groups is 1. The fourth-order valence-electron chi connectivity index (χ4n) is 2.34. The molecule has 0 aromatic heterocycles. The van der Waals surface area contributed by atoms with Gasteiger partial charge in [-0.2, -0.15) is 4.99 Å². The first kappa shape index (κ1) is 16.5. The van der Waals surface area contributed by atoms with E-state index in [2.05, 4.69) is 14.9 Å². The lowest BCUT2D eigenvalue weighted by molar-refractivity contribution is 0.0676. The van der Waals surface area contributed by atoms with Gasteiger partial charge in [0.15, 0.2) is 0 Å². The minimum Gasteiger partial charge on any atom is -0.383 e. The van der Waals surface area contributed by atoms with E-state index in [1.165, 1.54) is 0 Å². The molecule has 2 aromatic carbocycles. The fraction of sp³-hybridized carbons (Fsp3) is 0.222. The molecule has 0 saturated carbocycles. The Morgan fingerprint density at radius 3 is 2.33 bits per heavy atom. The summed E-state index contributed by atoms with van der Waals surface area (Å²) >= 11 is 5.94. The van der Waals surface area contributed by atoms with Crippen molar-refractivity contribution in [2.75, 3.05) is 26.3 Å². The van der Waals surface area contributed by atoms with Crippen molar-refractivity contribution < 1.29 is 4.74 Å². The highest BCUT2D eigenvalue weighted by atomic mass is 35.5. The zero-order chi connectivity index (χ0) is 16.8. The van der Waals surface area contributed by atoms with Crippen LogP contribution in [0, 0.1) is 0 Å². The number of hydrogen-bond donors (Lipinski definition) is 1. The molecule has 5 nitrogen and oxygen atoms in total. The van der Waals surface area contributed by atoms with Gasteiger partial charge < -0.3 is 15.4 Å². The molecule has 0 atom stereocenters. The molecule has 1 aliphatic heterocycles. The molecule has 0 radical (unpaired) electrons. The third-order valence-corrected chi connectivity index (χ3v) is 3.89. The van der Waals surface area contributed by atoms with Gasteiger partial charge in [0.2, 0.25) is 5.96 Å². The second-order valence-corrected chi connectivity index (χ2v) is 5.79. The van der Waals surface area contributed by atoms with Crippen LogP contribution in [0.25, 0.3) is 0 Å². The van der Waals surface area contributed by atoms with Crippen molar-refractivity contribution in [2.45, 2.75) is 0 Å². The Bertz CT molecular complexity index is 722. The highest BCUT2D eigenvalue weighted by Crippen LogP contribution is 2.18. The molecule has 1 saturated heterocycles. The lowest BCUT2D eigenvalue weighted by atomic mass is 10.2. The van der Waals surface area contributed by atoms with Gasteiger partial charge in [0.25, 0.3) is 0 Å². The number of rotatable bonds is 2. The van der Waals surface area contributed by atoms with E-state index in [1.54, 1.807) is 0 Å². The Kier molecular flexibility index (Phi) is 5.46. The second kappa shape index (κ2) is 7.95. The predicted molar refractivity (Wildman–Crippen MR) is 98.1 cm³/mol. The molecule has 0 aliphatic carbocycles. The fourth-order valence-corrected chi connectivity index (χ4v) is 2.47. The van der Waals surface area contributed by atoms with E-state index in [0.29, 0.717) is 30.0 Å². The van der Waals surface area contributed by atoms with Crippen molar-refractivity contribution in [1.82, 2.24) is 4.90 Å². The number of amidine groups is 1. The van der Waals surface area contributed by atoms with E-state index in [9.17, 15) is 0 Å². The average Bonchev–Trinajstić information content (AvgIpc) is 2.64. The van der Waals surface area contributed by atoms with Gasteiger partial charge in [0.1, 0.15) is 5.84 Å². The zero-order valence-electron chi connectivity index (χ0n) is 13.2. The molecule has 2 N–H and O–H groups in total. The zero-order valence-corrected chi connectivity index (χ0v) is 14.0. The molecule has 1 aliphatic rings. The molecule has 6 heteroatoms. The third kappa shape index (κ3) is 4.34. The molecule has 2 aromatic rings. The third-order valence-electron chi connectivity index (χ3n) is 3.64. The lowest BCUT2D eigenvalue weighted by Gasteiger charge is -2.27. The molecule has 0 spiro atoms. The Hall–Kier alpha value is -2.37. The summed E-state index contributed by atoms with van der Waals surface area (Å²) in [6.45, 7) is 2.77. The highest BCUT2D eigenvalue weighted by Gasteiger charge is 2.15. The molecular weight excluding hydrogens is 324 g/mol. The highest BCUT2D eigenvalue weighted by molar-refractivity contribution is 6.30. The summed E-state index contributed by atoms with van der Waals surface area (Å²) in [7, 11) is 0. The standard InChI is InChI=1S/C18H19ClN4O/c19-15-6-8-16(9-7-15)21-18(23-10-12-24-13-11-23)22-17(20)14-4-2-1-3-5-14/h1-9H,10-13H2,(H2,20,21,22). The summed E-state index contributed by atoms with van der Waals surface area (Å²) in [4.78, 5) is 11.3. The van der Waals surface area contributed by atoms with Crippen LogP contribution >= 0.6 is 11.6 Å². The van der Waals surface area contributed by atoms with Crippen molar-refractivity contribution >= 4 is 29.1 Å². The maximum Gasteiger partial charge on any atom is 0.228 e. The van der Waals surface area contributed by atoms with Crippen LogP contribution in [-0.4, -0.2) is 43.0 Å². The predicted octanol–water partition coefficient (Wildman–Crippen LogP) is 3.07. The molecule has 0 unspecified atom stereocenters. The van der Waals surface area contributed by atoms with Crippen LogP contribution in [0.5, 0.6) is 0 Å². The number of aliphatic imine (C=N–C) groups is 2. The summed E-state index contributed by atoms with van der Waals surface area (Å²) in [5, 5.41) is 0.675. The maximum absolute atomic E-state index is 6.17. The SMILES string of the molecule is NC(=NC(=Nc1ccc(Cl)cc1)N1CCOCC1)c1ccccc1. The Morgan fingerprint density at radius 1 is 1.00 bits per heavy atom.